The minimum absolute atomic E-state index is 0.388. The summed E-state index contributed by atoms with van der Waals surface area (Å²) < 4.78 is 5.01. The number of hydrogen-bond acceptors (Lipinski definition) is 4. The Morgan fingerprint density at radius 2 is 2.14 bits per heavy atom. The summed E-state index contributed by atoms with van der Waals surface area (Å²) in [5.74, 6) is 0. The van der Waals surface area contributed by atoms with Crippen LogP contribution in [0.1, 0.15) is 17.8 Å². The molecule has 0 aliphatic rings. The van der Waals surface area contributed by atoms with Crippen LogP contribution in [0.5, 0.6) is 0 Å². The molecule has 0 fully saturated rings. The molecule has 3 aromatic heterocycles. The Morgan fingerprint density at radius 3 is 3.05 bits per heavy atom. The highest BCUT2D eigenvalue weighted by atomic mass is 32.1. The lowest BCUT2D eigenvalue weighted by Gasteiger charge is -2.12. The second-order valence-corrected chi connectivity index (χ2v) is 7.46. The Balaban J connectivity index is 1.41. The molecule has 1 N–H and O–H groups in total. The summed E-state index contributed by atoms with van der Waals surface area (Å²) in [5, 5.41) is 5.78. The number of nitrogens with zero attached hydrogens (tertiary/aromatic N) is 2. The number of imidazole rings is 1. The van der Waals surface area contributed by atoms with E-state index < -0.39 is 0 Å². The Hall–Kier alpha value is -1.69. The van der Waals surface area contributed by atoms with Gasteiger partial charge in [-0.3, -0.25) is 0 Å². The molecule has 22 heavy (non-hydrogen) atoms. The quantitative estimate of drug-likeness (QED) is 0.577. The third-order valence-corrected chi connectivity index (χ3v) is 6.19. The lowest BCUT2D eigenvalue weighted by atomic mass is 10.2. The van der Waals surface area contributed by atoms with Crippen LogP contribution in [0.15, 0.2) is 48.1 Å². The third-order valence-electron chi connectivity index (χ3n) is 3.92. The van der Waals surface area contributed by atoms with Gasteiger partial charge in [-0.1, -0.05) is 12.1 Å². The van der Waals surface area contributed by atoms with E-state index in [1.807, 2.05) is 35.1 Å². The highest BCUT2D eigenvalue weighted by molar-refractivity contribution is 7.26. The van der Waals surface area contributed by atoms with Crippen molar-refractivity contribution in [2.45, 2.75) is 19.5 Å². The number of hydrogen-bond donors (Lipinski definition) is 1. The molecule has 0 aliphatic carbocycles. The Kier molecular flexibility index (Phi) is 3.70. The number of para-hydroxylation sites is 2. The molecule has 0 spiro atoms. The fourth-order valence-corrected chi connectivity index (χ4v) is 4.83. The van der Waals surface area contributed by atoms with Gasteiger partial charge in [0.05, 0.1) is 17.4 Å². The largest absolute Gasteiger partial charge is 0.329 e. The molecule has 4 aromatic rings. The first-order valence-corrected chi connectivity index (χ1v) is 9.11. The van der Waals surface area contributed by atoms with E-state index in [1.54, 1.807) is 0 Å². The van der Waals surface area contributed by atoms with Gasteiger partial charge in [-0.05, 0) is 36.6 Å². The van der Waals surface area contributed by atoms with Gasteiger partial charge < -0.3 is 9.88 Å². The minimum Gasteiger partial charge on any atom is -0.329 e. The van der Waals surface area contributed by atoms with Crippen LogP contribution in [0.3, 0.4) is 0 Å². The van der Waals surface area contributed by atoms with Crippen molar-refractivity contribution in [3.8, 4) is 0 Å². The summed E-state index contributed by atoms with van der Waals surface area (Å²) in [6.07, 6.45) is 1.93. The van der Waals surface area contributed by atoms with Gasteiger partial charge in [-0.25, -0.2) is 4.98 Å². The maximum atomic E-state index is 4.44. The molecular weight excluding hydrogens is 310 g/mol. The zero-order valence-corrected chi connectivity index (χ0v) is 14.0. The van der Waals surface area contributed by atoms with Crippen molar-refractivity contribution in [1.82, 2.24) is 14.9 Å². The number of fused-ring (bicyclic) bond motifs is 2. The van der Waals surface area contributed by atoms with Gasteiger partial charge in [0.15, 0.2) is 0 Å². The van der Waals surface area contributed by atoms with Crippen molar-refractivity contribution >= 4 is 43.1 Å². The summed E-state index contributed by atoms with van der Waals surface area (Å²) in [4.78, 5) is 5.85. The van der Waals surface area contributed by atoms with Crippen LogP contribution in [0.4, 0.5) is 0 Å². The van der Waals surface area contributed by atoms with Crippen LogP contribution >= 0.6 is 22.7 Å². The summed E-state index contributed by atoms with van der Waals surface area (Å²) >= 11 is 3.71. The second kappa shape index (κ2) is 5.83. The summed E-state index contributed by atoms with van der Waals surface area (Å²) in [7, 11) is 0. The monoisotopic (exact) mass is 327 g/mol. The summed E-state index contributed by atoms with van der Waals surface area (Å²) in [6.45, 7) is 4.11. The highest BCUT2D eigenvalue weighted by Gasteiger charge is 2.10. The van der Waals surface area contributed by atoms with Crippen molar-refractivity contribution in [3.05, 3.63) is 53.0 Å². The van der Waals surface area contributed by atoms with E-state index in [1.165, 1.54) is 19.8 Å². The van der Waals surface area contributed by atoms with Gasteiger partial charge >= 0.3 is 0 Å². The van der Waals surface area contributed by atoms with Gasteiger partial charge in [0.1, 0.15) is 0 Å². The van der Waals surface area contributed by atoms with Crippen molar-refractivity contribution in [2.75, 3.05) is 6.54 Å². The number of rotatable bonds is 5. The molecule has 0 radical (unpaired) electrons. The van der Waals surface area contributed by atoms with Gasteiger partial charge in [0.2, 0.25) is 0 Å². The smallest absolute Gasteiger partial charge is 0.0958 e. The topological polar surface area (TPSA) is 29.9 Å². The van der Waals surface area contributed by atoms with Crippen LogP contribution in [0.2, 0.25) is 0 Å². The number of aromatic nitrogens is 2. The fourth-order valence-electron chi connectivity index (χ4n) is 2.69. The van der Waals surface area contributed by atoms with Crippen LogP contribution in [0.25, 0.3) is 20.4 Å². The van der Waals surface area contributed by atoms with Gasteiger partial charge in [0.25, 0.3) is 0 Å². The molecule has 0 saturated heterocycles. The number of benzene rings is 1. The fraction of sp³-hybridized carbons (Fsp3) is 0.235. The molecule has 3 heterocycles. The highest BCUT2D eigenvalue weighted by Crippen LogP contribution is 2.33. The molecule has 0 aliphatic heterocycles. The third kappa shape index (κ3) is 2.56. The van der Waals surface area contributed by atoms with Crippen molar-refractivity contribution in [3.63, 3.8) is 0 Å². The van der Waals surface area contributed by atoms with Crippen molar-refractivity contribution < 1.29 is 0 Å². The number of thiophene rings is 2. The first-order valence-electron chi connectivity index (χ1n) is 7.41. The van der Waals surface area contributed by atoms with Crippen molar-refractivity contribution in [2.24, 2.45) is 0 Å². The zero-order valence-electron chi connectivity index (χ0n) is 12.3. The maximum absolute atomic E-state index is 4.44. The molecule has 4 rings (SSSR count). The van der Waals surface area contributed by atoms with E-state index in [0.29, 0.717) is 6.04 Å². The second-order valence-electron chi connectivity index (χ2n) is 5.40. The van der Waals surface area contributed by atoms with Gasteiger partial charge in [-0.15, -0.1) is 22.7 Å². The average molecular weight is 327 g/mol. The van der Waals surface area contributed by atoms with E-state index in [9.17, 15) is 0 Å². The molecule has 5 heteroatoms. The molecule has 3 nitrogen and oxygen atoms in total. The molecule has 0 saturated carbocycles. The average Bonchev–Trinajstić information content (AvgIpc) is 3.21. The standard InChI is InChI=1S/C17H17N3S2/c1-12(16-10-17-15(22-16)6-9-21-17)18-7-8-20-11-19-13-4-2-3-5-14(13)20/h2-6,9-12,18H,7-8H2,1H3. The van der Waals surface area contributed by atoms with Crippen LogP contribution in [-0.4, -0.2) is 16.1 Å². The van der Waals surface area contributed by atoms with Crippen molar-refractivity contribution in [1.29, 1.82) is 0 Å². The Bertz CT molecular complexity index is 874. The zero-order chi connectivity index (χ0) is 14.9. The van der Waals surface area contributed by atoms with E-state index in [0.717, 1.165) is 18.6 Å². The van der Waals surface area contributed by atoms with Gasteiger partial charge in [0, 0.05) is 33.4 Å². The molecule has 0 bridgehead atoms. The lowest BCUT2D eigenvalue weighted by Crippen LogP contribution is -2.22. The van der Waals surface area contributed by atoms with Crippen LogP contribution in [0, 0.1) is 0 Å². The summed E-state index contributed by atoms with van der Waals surface area (Å²) in [5.41, 5.74) is 2.27. The first-order chi connectivity index (χ1) is 10.8. The number of nitrogens with one attached hydrogen (secondary N) is 1. The Labute approximate surface area is 137 Å². The van der Waals surface area contributed by atoms with E-state index in [2.05, 4.69) is 57.5 Å². The first kappa shape index (κ1) is 13.9. The molecule has 1 atom stereocenters. The predicted molar refractivity (Wildman–Crippen MR) is 95.9 cm³/mol. The summed E-state index contributed by atoms with van der Waals surface area (Å²) in [6, 6.07) is 13.2. The maximum Gasteiger partial charge on any atom is 0.0958 e. The molecule has 112 valence electrons. The van der Waals surface area contributed by atoms with E-state index >= 15 is 0 Å². The van der Waals surface area contributed by atoms with E-state index in [-0.39, 0.29) is 0 Å². The van der Waals surface area contributed by atoms with Crippen LogP contribution in [-0.2, 0) is 6.54 Å². The SMILES string of the molecule is CC(NCCn1cnc2ccccc21)c1cc2sccc2s1. The lowest BCUT2D eigenvalue weighted by molar-refractivity contribution is 0.541. The minimum atomic E-state index is 0.388. The molecule has 0 amide bonds. The van der Waals surface area contributed by atoms with Gasteiger partial charge in [-0.2, -0.15) is 0 Å². The normalized spacial score (nSPS) is 13.1. The molecule has 1 aromatic carbocycles. The molecular formula is C17H17N3S2. The molecule has 1 unspecified atom stereocenters. The van der Waals surface area contributed by atoms with Crippen LogP contribution < -0.4 is 5.32 Å². The predicted octanol–water partition coefficient (Wildman–Crippen LogP) is 4.66. The van der Waals surface area contributed by atoms with E-state index in [4.69, 9.17) is 0 Å². The Morgan fingerprint density at radius 1 is 1.23 bits per heavy atom.